The topological polar surface area (TPSA) is 38.7 Å². The van der Waals surface area contributed by atoms with E-state index in [9.17, 15) is 0 Å². The molecule has 1 heterocycles. The predicted octanol–water partition coefficient (Wildman–Crippen LogP) is 4.43. The van der Waals surface area contributed by atoms with Crippen molar-refractivity contribution in [2.24, 2.45) is 0 Å². The van der Waals surface area contributed by atoms with Crippen molar-refractivity contribution in [3.05, 3.63) is 79.2 Å². The molecule has 20 heavy (non-hydrogen) atoms. The van der Waals surface area contributed by atoms with E-state index in [0.29, 0.717) is 11.6 Å². The van der Waals surface area contributed by atoms with Crippen LogP contribution in [-0.2, 0) is 0 Å². The molecule has 0 bridgehead atoms. The third kappa shape index (κ3) is 4.14. The molecule has 1 aromatic rings. The minimum atomic E-state index is 0.120. The lowest BCUT2D eigenvalue weighted by Crippen LogP contribution is -2.01. The molecule has 0 radical (unpaired) electrons. The van der Waals surface area contributed by atoms with Gasteiger partial charge in [0.15, 0.2) is 11.6 Å². The van der Waals surface area contributed by atoms with Crippen LogP contribution in [-0.4, -0.2) is 15.0 Å². The van der Waals surface area contributed by atoms with E-state index in [2.05, 4.69) is 34.7 Å². The third-order valence-electron chi connectivity index (χ3n) is 2.33. The van der Waals surface area contributed by atoms with E-state index in [1.807, 2.05) is 25.2 Å². The second-order valence-corrected chi connectivity index (χ2v) is 4.00. The van der Waals surface area contributed by atoms with Gasteiger partial charge in [-0.3, -0.25) is 0 Å². The molecule has 0 aliphatic carbocycles. The van der Waals surface area contributed by atoms with Crippen molar-refractivity contribution >= 4 is 22.7 Å². The maximum Gasteiger partial charge on any atom is 0.226 e. The average Bonchev–Trinajstić information content (AvgIpc) is 2.45. The molecule has 0 aliphatic rings. The molecule has 4 heteroatoms. The molecular weight excluding hydrogens is 270 g/mol. The molecule has 3 nitrogen and oxygen atoms in total. The van der Waals surface area contributed by atoms with Crippen LogP contribution in [0.15, 0.2) is 62.3 Å². The molecule has 1 aromatic heterocycles. The first-order chi connectivity index (χ1) is 9.65. The van der Waals surface area contributed by atoms with E-state index < -0.39 is 0 Å². The fourth-order valence-electron chi connectivity index (χ4n) is 1.40. The Balaban J connectivity index is 3.40. The zero-order valence-corrected chi connectivity index (χ0v) is 12.1. The predicted molar refractivity (Wildman–Crippen MR) is 86.2 cm³/mol. The summed E-state index contributed by atoms with van der Waals surface area (Å²) in [6.45, 7) is 13.0. The second-order valence-electron chi connectivity index (χ2n) is 3.67. The van der Waals surface area contributed by atoms with Gasteiger partial charge in [0.2, 0.25) is 5.28 Å². The van der Waals surface area contributed by atoms with Crippen LogP contribution in [0.4, 0.5) is 0 Å². The largest absolute Gasteiger partial charge is 0.226 e. The van der Waals surface area contributed by atoms with E-state index in [1.165, 1.54) is 0 Å². The van der Waals surface area contributed by atoms with Crippen LogP contribution in [0.1, 0.15) is 18.6 Å². The summed E-state index contributed by atoms with van der Waals surface area (Å²) in [5, 5.41) is 0.120. The van der Waals surface area contributed by atoms with Crippen LogP contribution >= 0.6 is 11.6 Å². The SMILES string of the molecule is C=C/C=C(\C=C)c1nc(Cl)nc(/C(C=C)=C/C=C\C)n1. The monoisotopic (exact) mass is 285 g/mol. The Morgan fingerprint density at radius 3 is 1.95 bits per heavy atom. The number of halogens is 1. The van der Waals surface area contributed by atoms with Crippen molar-refractivity contribution in [2.45, 2.75) is 6.92 Å². The molecule has 0 saturated carbocycles. The molecule has 0 unspecified atom stereocenters. The summed E-state index contributed by atoms with van der Waals surface area (Å²) >= 11 is 5.96. The zero-order chi connectivity index (χ0) is 15.0. The van der Waals surface area contributed by atoms with Gasteiger partial charge in [-0.2, -0.15) is 9.97 Å². The normalized spacial score (nSPS) is 12.5. The summed E-state index contributed by atoms with van der Waals surface area (Å²) in [5.74, 6) is 0.910. The Morgan fingerprint density at radius 2 is 1.50 bits per heavy atom. The number of nitrogens with zero attached hydrogens (tertiary/aromatic N) is 3. The summed E-state index contributed by atoms with van der Waals surface area (Å²) in [6, 6.07) is 0. The van der Waals surface area contributed by atoms with Crippen molar-refractivity contribution in [1.82, 2.24) is 15.0 Å². The van der Waals surface area contributed by atoms with E-state index in [0.717, 1.165) is 11.1 Å². The molecule has 0 spiro atoms. The van der Waals surface area contributed by atoms with Gasteiger partial charge in [0.25, 0.3) is 0 Å². The number of hydrogen-bond donors (Lipinski definition) is 0. The van der Waals surface area contributed by atoms with E-state index in [1.54, 1.807) is 24.3 Å². The van der Waals surface area contributed by atoms with Crippen LogP contribution in [0.3, 0.4) is 0 Å². The standard InChI is InChI=1S/C16H16ClN3/c1-5-9-11-13(8-4)15-18-14(19-16(17)20-15)12(7-3)10-6-2/h5-11H,2-4H2,1H3/b9-5-,12-10+,13-11+. The molecule has 0 saturated heterocycles. The van der Waals surface area contributed by atoms with Crippen LogP contribution in [0.5, 0.6) is 0 Å². The van der Waals surface area contributed by atoms with Gasteiger partial charge in [-0.25, -0.2) is 4.98 Å². The molecule has 102 valence electrons. The smallest absolute Gasteiger partial charge is 0.208 e. The number of allylic oxidation sites excluding steroid dienone is 9. The lowest BCUT2D eigenvalue weighted by Gasteiger charge is -2.05. The quantitative estimate of drug-likeness (QED) is 0.726. The maximum atomic E-state index is 5.96. The molecule has 0 aliphatic heterocycles. The first-order valence-electron chi connectivity index (χ1n) is 5.99. The summed E-state index contributed by atoms with van der Waals surface area (Å²) in [7, 11) is 0. The highest BCUT2D eigenvalue weighted by Crippen LogP contribution is 2.18. The van der Waals surface area contributed by atoms with Crippen LogP contribution in [0, 0.1) is 0 Å². The Bertz CT molecular complexity index is 610. The fourth-order valence-corrected chi connectivity index (χ4v) is 1.56. The van der Waals surface area contributed by atoms with Crippen molar-refractivity contribution in [2.75, 3.05) is 0 Å². The van der Waals surface area contributed by atoms with Crippen molar-refractivity contribution in [3.8, 4) is 0 Å². The van der Waals surface area contributed by atoms with Gasteiger partial charge in [-0.05, 0) is 18.5 Å². The molecular formula is C16H16ClN3. The minimum Gasteiger partial charge on any atom is -0.208 e. The fraction of sp³-hybridized carbons (Fsp3) is 0.0625. The van der Waals surface area contributed by atoms with Crippen molar-refractivity contribution in [1.29, 1.82) is 0 Å². The summed E-state index contributed by atoms with van der Waals surface area (Å²) < 4.78 is 0. The van der Waals surface area contributed by atoms with Gasteiger partial charge in [0.1, 0.15) is 0 Å². The molecule has 0 atom stereocenters. The Kier molecular flexibility index (Phi) is 6.33. The maximum absolute atomic E-state index is 5.96. The van der Waals surface area contributed by atoms with Gasteiger partial charge in [0.05, 0.1) is 0 Å². The van der Waals surface area contributed by atoms with E-state index in [-0.39, 0.29) is 5.28 Å². The Labute approximate surface area is 124 Å². The van der Waals surface area contributed by atoms with Crippen LogP contribution < -0.4 is 0 Å². The number of hydrogen-bond acceptors (Lipinski definition) is 3. The van der Waals surface area contributed by atoms with E-state index >= 15 is 0 Å². The molecule has 0 fully saturated rings. The summed E-state index contributed by atoms with van der Waals surface area (Å²) in [5.41, 5.74) is 1.48. The van der Waals surface area contributed by atoms with Crippen LogP contribution in [0.2, 0.25) is 5.28 Å². The molecule has 0 aromatic carbocycles. The van der Waals surface area contributed by atoms with Gasteiger partial charge >= 0.3 is 0 Å². The van der Waals surface area contributed by atoms with E-state index in [4.69, 9.17) is 11.6 Å². The molecule has 0 N–H and O–H groups in total. The van der Waals surface area contributed by atoms with Gasteiger partial charge < -0.3 is 0 Å². The molecule has 0 amide bonds. The van der Waals surface area contributed by atoms with Crippen molar-refractivity contribution < 1.29 is 0 Å². The average molecular weight is 286 g/mol. The summed E-state index contributed by atoms with van der Waals surface area (Å²) in [4.78, 5) is 12.6. The van der Waals surface area contributed by atoms with Gasteiger partial charge in [0, 0.05) is 11.1 Å². The highest BCUT2D eigenvalue weighted by Gasteiger charge is 2.09. The minimum absolute atomic E-state index is 0.120. The number of aromatic nitrogens is 3. The lowest BCUT2D eigenvalue weighted by atomic mass is 10.2. The Hall–Kier alpha value is -2.26. The van der Waals surface area contributed by atoms with Crippen LogP contribution in [0.25, 0.3) is 11.1 Å². The highest BCUT2D eigenvalue weighted by atomic mass is 35.5. The zero-order valence-electron chi connectivity index (χ0n) is 11.4. The summed E-state index contributed by atoms with van der Waals surface area (Å²) in [6.07, 6.45) is 12.3. The first kappa shape index (κ1) is 15.8. The Morgan fingerprint density at radius 1 is 0.950 bits per heavy atom. The third-order valence-corrected chi connectivity index (χ3v) is 2.50. The molecule has 1 rings (SSSR count). The van der Waals surface area contributed by atoms with Gasteiger partial charge in [-0.1, -0.05) is 62.3 Å². The highest BCUT2D eigenvalue weighted by molar-refractivity contribution is 6.28. The first-order valence-corrected chi connectivity index (χ1v) is 6.37. The lowest BCUT2D eigenvalue weighted by molar-refractivity contribution is 0.995. The van der Waals surface area contributed by atoms with Crippen molar-refractivity contribution in [3.63, 3.8) is 0 Å². The number of rotatable bonds is 6. The van der Waals surface area contributed by atoms with Gasteiger partial charge in [-0.15, -0.1) is 0 Å². The second kappa shape index (κ2) is 8.02.